The van der Waals surface area contributed by atoms with Crippen molar-refractivity contribution in [1.29, 1.82) is 0 Å². The molecule has 0 amide bonds. The fourth-order valence-corrected chi connectivity index (χ4v) is 1.16. The molecule has 0 spiro atoms. The summed E-state index contributed by atoms with van der Waals surface area (Å²) in [6.07, 6.45) is 9.73. The van der Waals surface area contributed by atoms with Gasteiger partial charge in [0, 0.05) is 18.1 Å². The van der Waals surface area contributed by atoms with Crippen molar-refractivity contribution in [2.24, 2.45) is 0 Å². The lowest BCUT2D eigenvalue weighted by Crippen LogP contribution is -2.05. The van der Waals surface area contributed by atoms with Crippen LogP contribution in [-0.2, 0) is 6.42 Å². The van der Waals surface area contributed by atoms with Gasteiger partial charge in [-0.2, -0.15) is 0 Å². The van der Waals surface area contributed by atoms with Gasteiger partial charge >= 0.3 is 0 Å². The number of nitrogens with two attached hydrogens (primary N) is 1. The summed E-state index contributed by atoms with van der Waals surface area (Å²) < 4.78 is 0. The van der Waals surface area contributed by atoms with Gasteiger partial charge in [0.25, 0.3) is 0 Å². The topological polar surface area (TPSA) is 50.9 Å². The van der Waals surface area contributed by atoms with Gasteiger partial charge in [0.05, 0.1) is 0 Å². The van der Waals surface area contributed by atoms with Crippen LogP contribution in [-0.4, -0.2) is 18.6 Å². The molecule has 0 saturated carbocycles. The third-order valence-corrected chi connectivity index (χ3v) is 2.01. The van der Waals surface area contributed by atoms with Gasteiger partial charge in [0.2, 0.25) is 0 Å². The van der Waals surface area contributed by atoms with Gasteiger partial charge in [-0.1, -0.05) is 12.2 Å². The van der Waals surface area contributed by atoms with E-state index < -0.39 is 0 Å². The molecule has 3 nitrogen and oxygen atoms in total. The van der Waals surface area contributed by atoms with Crippen molar-refractivity contribution in [3.8, 4) is 0 Å². The van der Waals surface area contributed by atoms with Crippen molar-refractivity contribution in [1.82, 2.24) is 10.3 Å². The predicted octanol–water partition coefficient (Wildman–Crippen LogP) is 1.37. The molecule has 1 aromatic rings. The minimum atomic E-state index is 0.818. The third kappa shape index (κ3) is 3.58. The quantitative estimate of drug-likeness (QED) is 0.546. The molecule has 0 radical (unpaired) electrons. The smallest absolute Gasteiger partial charge is 0.0380 e. The average molecular weight is 191 g/mol. The van der Waals surface area contributed by atoms with E-state index in [-0.39, 0.29) is 0 Å². The van der Waals surface area contributed by atoms with E-state index in [1.807, 2.05) is 19.3 Å². The Morgan fingerprint density at radius 2 is 2.36 bits per heavy atom. The summed E-state index contributed by atoms with van der Waals surface area (Å²) in [5, 5.41) is 3.09. The Bertz CT molecular complexity index is 294. The summed E-state index contributed by atoms with van der Waals surface area (Å²) in [6, 6.07) is 1.83. The van der Waals surface area contributed by atoms with Gasteiger partial charge in [0.1, 0.15) is 0 Å². The fraction of sp³-hybridized carbons (Fsp3) is 0.364. The molecule has 0 atom stereocenters. The molecule has 0 aliphatic carbocycles. The van der Waals surface area contributed by atoms with Crippen LogP contribution >= 0.6 is 0 Å². The molecule has 76 valence electrons. The van der Waals surface area contributed by atoms with Crippen LogP contribution in [0.5, 0.6) is 0 Å². The second-order valence-electron chi connectivity index (χ2n) is 3.14. The van der Waals surface area contributed by atoms with Gasteiger partial charge in [0.15, 0.2) is 0 Å². The van der Waals surface area contributed by atoms with Gasteiger partial charge in [-0.25, -0.2) is 0 Å². The number of anilines is 1. The van der Waals surface area contributed by atoms with Crippen LogP contribution < -0.4 is 11.1 Å². The molecular weight excluding hydrogens is 174 g/mol. The summed E-state index contributed by atoms with van der Waals surface area (Å²) in [4.78, 5) is 4.03. The van der Waals surface area contributed by atoms with Crippen molar-refractivity contribution < 1.29 is 0 Å². The average Bonchev–Trinajstić information content (AvgIpc) is 2.20. The number of nitrogens with one attached hydrogen (secondary N) is 1. The zero-order valence-electron chi connectivity index (χ0n) is 8.53. The molecule has 3 heteroatoms. The largest absolute Gasteiger partial charge is 0.398 e. The number of hydrogen-bond acceptors (Lipinski definition) is 3. The van der Waals surface area contributed by atoms with Crippen molar-refractivity contribution in [3.63, 3.8) is 0 Å². The Labute approximate surface area is 85.0 Å². The van der Waals surface area contributed by atoms with Crippen LogP contribution in [0.2, 0.25) is 0 Å². The molecule has 0 fully saturated rings. The highest BCUT2D eigenvalue weighted by Gasteiger charge is 1.94. The minimum absolute atomic E-state index is 0.818. The highest BCUT2D eigenvalue weighted by molar-refractivity contribution is 5.45. The molecule has 0 aromatic carbocycles. The number of hydrogen-bond donors (Lipinski definition) is 2. The standard InChI is InChI=1S/C11H17N3/c1-13-7-4-2-3-5-10-9-14-8-6-11(10)12/h2-3,6,8-9,13H,4-5,7H2,1H3,(H2,12,14). The Hall–Kier alpha value is -1.35. The van der Waals surface area contributed by atoms with Crippen LogP contribution in [0, 0.1) is 0 Å². The Morgan fingerprint density at radius 1 is 1.50 bits per heavy atom. The summed E-state index contributed by atoms with van der Waals surface area (Å²) in [7, 11) is 1.95. The predicted molar refractivity (Wildman–Crippen MR) is 60.0 cm³/mol. The van der Waals surface area contributed by atoms with E-state index in [4.69, 9.17) is 5.73 Å². The normalized spacial score (nSPS) is 10.9. The number of pyridine rings is 1. The SMILES string of the molecule is CNCCC=CCc1cnccc1N. The number of allylic oxidation sites excluding steroid dienone is 1. The van der Waals surface area contributed by atoms with E-state index in [1.165, 1.54) is 0 Å². The Morgan fingerprint density at radius 3 is 3.07 bits per heavy atom. The van der Waals surface area contributed by atoms with E-state index >= 15 is 0 Å². The van der Waals surface area contributed by atoms with Crippen LogP contribution in [0.4, 0.5) is 5.69 Å². The lowest BCUT2D eigenvalue weighted by Gasteiger charge is -1.99. The molecule has 0 bridgehead atoms. The van der Waals surface area contributed by atoms with Gasteiger partial charge < -0.3 is 11.1 Å². The lowest BCUT2D eigenvalue weighted by atomic mass is 10.1. The molecule has 1 heterocycles. The summed E-state index contributed by atoms with van der Waals surface area (Å²) in [5.41, 5.74) is 7.68. The first-order valence-corrected chi connectivity index (χ1v) is 4.82. The summed E-state index contributed by atoms with van der Waals surface area (Å²) in [6.45, 7) is 1.01. The highest BCUT2D eigenvalue weighted by Crippen LogP contribution is 2.09. The van der Waals surface area contributed by atoms with Gasteiger partial charge in [-0.05, 0) is 38.1 Å². The van der Waals surface area contributed by atoms with E-state index in [2.05, 4.69) is 22.5 Å². The maximum Gasteiger partial charge on any atom is 0.0380 e. The minimum Gasteiger partial charge on any atom is -0.398 e. The molecular formula is C11H17N3. The monoisotopic (exact) mass is 191 g/mol. The first-order valence-electron chi connectivity index (χ1n) is 4.82. The van der Waals surface area contributed by atoms with E-state index in [1.54, 1.807) is 6.20 Å². The van der Waals surface area contributed by atoms with Crippen LogP contribution in [0.15, 0.2) is 30.6 Å². The van der Waals surface area contributed by atoms with Gasteiger partial charge in [-0.15, -0.1) is 0 Å². The molecule has 0 unspecified atom stereocenters. The fourth-order valence-electron chi connectivity index (χ4n) is 1.16. The first-order chi connectivity index (χ1) is 6.84. The van der Waals surface area contributed by atoms with E-state index in [0.29, 0.717) is 0 Å². The van der Waals surface area contributed by atoms with E-state index in [0.717, 1.165) is 30.6 Å². The molecule has 14 heavy (non-hydrogen) atoms. The second kappa shape index (κ2) is 6.16. The number of nitrogens with zero attached hydrogens (tertiary/aromatic N) is 1. The summed E-state index contributed by atoms with van der Waals surface area (Å²) in [5.74, 6) is 0. The van der Waals surface area contributed by atoms with E-state index in [9.17, 15) is 0 Å². The Kier molecular flexibility index (Phi) is 4.72. The van der Waals surface area contributed by atoms with Crippen LogP contribution in [0.1, 0.15) is 12.0 Å². The van der Waals surface area contributed by atoms with Crippen molar-refractivity contribution in [2.75, 3.05) is 19.3 Å². The first kappa shape index (κ1) is 10.7. The molecule has 1 aromatic heterocycles. The number of rotatable bonds is 5. The zero-order chi connectivity index (χ0) is 10.2. The maximum atomic E-state index is 5.78. The number of nitrogen functional groups attached to an aromatic ring is 1. The van der Waals surface area contributed by atoms with Crippen LogP contribution in [0.3, 0.4) is 0 Å². The van der Waals surface area contributed by atoms with Crippen LogP contribution in [0.25, 0.3) is 0 Å². The second-order valence-corrected chi connectivity index (χ2v) is 3.14. The maximum absolute atomic E-state index is 5.78. The molecule has 0 saturated heterocycles. The lowest BCUT2D eigenvalue weighted by molar-refractivity contribution is 0.806. The molecule has 0 aliphatic rings. The third-order valence-electron chi connectivity index (χ3n) is 2.01. The Balaban J connectivity index is 2.38. The summed E-state index contributed by atoms with van der Waals surface area (Å²) >= 11 is 0. The molecule has 3 N–H and O–H groups in total. The van der Waals surface area contributed by atoms with Crippen molar-refractivity contribution in [3.05, 3.63) is 36.2 Å². The zero-order valence-corrected chi connectivity index (χ0v) is 8.53. The number of aromatic nitrogens is 1. The molecule has 0 aliphatic heterocycles. The highest BCUT2D eigenvalue weighted by atomic mass is 14.8. The molecule has 1 rings (SSSR count). The van der Waals surface area contributed by atoms with Crippen molar-refractivity contribution in [2.45, 2.75) is 12.8 Å². The van der Waals surface area contributed by atoms with Gasteiger partial charge in [-0.3, -0.25) is 4.98 Å². The van der Waals surface area contributed by atoms with Crippen molar-refractivity contribution >= 4 is 5.69 Å².